The van der Waals surface area contributed by atoms with Crippen molar-refractivity contribution < 1.29 is 0 Å². The molecule has 0 bridgehead atoms. The number of rotatable bonds is 4. The molecule has 0 radical (unpaired) electrons. The van der Waals surface area contributed by atoms with Crippen LogP contribution in [0.15, 0.2) is 30.5 Å². The molecule has 3 heteroatoms. The Morgan fingerprint density at radius 1 is 1.28 bits per heavy atom. The second kappa shape index (κ2) is 5.25. The van der Waals surface area contributed by atoms with Crippen molar-refractivity contribution in [2.24, 2.45) is 5.92 Å². The summed E-state index contributed by atoms with van der Waals surface area (Å²) < 4.78 is 0. The molecule has 0 atom stereocenters. The Kier molecular flexibility index (Phi) is 3.70. The van der Waals surface area contributed by atoms with Crippen LogP contribution in [0.3, 0.4) is 0 Å². The summed E-state index contributed by atoms with van der Waals surface area (Å²) in [6.45, 7) is 5.54. The van der Waals surface area contributed by atoms with Gasteiger partial charge in [-0.2, -0.15) is 0 Å². The molecule has 2 aromatic rings. The van der Waals surface area contributed by atoms with Gasteiger partial charge >= 0.3 is 0 Å². The maximum Gasteiger partial charge on any atom is 0.0951 e. The molecule has 0 amide bonds. The maximum absolute atomic E-state index is 5.97. The third kappa shape index (κ3) is 2.55. The molecule has 0 spiro atoms. The van der Waals surface area contributed by atoms with E-state index < -0.39 is 0 Å². The van der Waals surface area contributed by atoms with Gasteiger partial charge in [-0.25, -0.2) is 0 Å². The van der Waals surface area contributed by atoms with E-state index in [1.807, 2.05) is 18.3 Å². The number of para-hydroxylation sites is 1. The molecule has 0 unspecified atom stereocenters. The molecule has 0 aliphatic heterocycles. The number of nitrogen functional groups attached to an aromatic ring is 1. The SMILES string of the molecule is CC(C)CCN(C)c1ccnc2c(N)cccc12. The van der Waals surface area contributed by atoms with Gasteiger partial charge in [0.2, 0.25) is 0 Å². The molecule has 0 saturated heterocycles. The van der Waals surface area contributed by atoms with E-state index in [2.05, 4.69) is 42.9 Å². The van der Waals surface area contributed by atoms with Gasteiger partial charge in [-0.3, -0.25) is 4.98 Å². The van der Waals surface area contributed by atoms with Gasteiger partial charge < -0.3 is 10.6 Å². The Labute approximate surface area is 109 Å². The fraction of sp³-hybridized carbons (Fsp3) is 0.400. The van der Waals surface area contributed by atoms with Gasteiger partial charge in [0.1, 0.15) is 0 Å². The first kappa shape index (κ1) is 12.7. The van der Waals surface area contributed by atoms with Gasteiger partial charge in [-0.05, 0) is 24.5 Å². The molecule has 0 aliphatic rings. The van der Waals surface area contributed by atoms with E-state index >= 15 is 0 Å². The van der Waals surface area contributed by atoms with Crippen LogP contribution in [0.2, 0.25) is 0 Å². The fourth-order valence-electron chi connectivity index (χ4n) is 2.09. The zero-order valence-corrected chi connectivity index (χ0v) is 11.4. The van der Waals surface area contributed by atoms with Crippen molar-refractivity contribution in [3.05, 3.63) is 30.5 Å². The van der Waals surface area contributed by atoms with Crippen molar-refractivity contribution in [2.75, 3.05) is 24.2 Å². The highest BCUT2D eigenvalue weighted by Gasteiger charge is 2.08. The minimum absolute atomic E-state index is 0.714. The second-order valence-corrected chi connectivity index (χ2v) is 5.18. The zero-order valence-electron chi connectivity index (χ0n) is 11.4. The molecule has 0 fully saturated rings. The van der Waals surface area contributed by atoms with Crippen LogP contribution in [0.1, 0.15) is 20.3 Å². The van der Waals surface area contributed by atoms with E-state index in [-0.39, 0.29) is 0 Å². The molecule has 2 rings (SSSR count). The van der Waals surface area contributed by atoms with Gasteiger partial charge in [0.25, 0.3) is 0 Å². The molecule has 1 aromatic carbocycles. The number of nitrogens with zero attached hydrogens (tertiary/aromatic N) is 2. The summed E-state index contributed by atoms with van der Waals surface area (Å²) in [6.07, 6.45) is 3.02. The van der Waals surface area contributed by atoms with E-state index in [0.29, 0.717) is 5.92 Å². The van der Waals surface area contributed by atoms with Crippen molar-refractivity contribution in [1.29, 1.82) is 0 Å². The standard InChI is InChI=1S/C15H21N3/c1-11(2)8-10-18(3)14-7-9-17-15-12(14)5-4-6-13(15)16/h4-7,9,11H,8,10,16H2,1-3H3. The predicted molar refractivity (Wildman–Crippen MR) is 78.9 cm³/mol. The molecule has 2 N–H and O–H groups in total. The Morgan fingerprint density at radius 3 is 2.78 bits per heavy atom. The second-order valence-electron chi connectivity index (χ2n) is 5.18. The third-order valence-electron chi connectivity index (χ3n) is 3.23. The molecule has 18 heavy (non-hydrogen) atoms. The average molecular weight is 243 g/mol. The number of pyridine rings is 1. The van der Waals surface area contributed by atoms with Crippen LogP contribution in [-0.2, 0) is 0 Å². The molecule has 3 nitrogen and oxygen atoms in total. The first-order valence-corrected chi connectivity index (χ1v) is 6.44. The minimum atomic E-state index is 0.714. The highest BCUT2D eigenvalue weighted by Crippen LogP contribution is 2.27. The van der Waals surface area contributed by atoms with Gasteiger partial charge in [-0.15, -0.1) is 0 Å². The highest BCUT2D eigenvalue weighted by atomic mass is 15.1. The lowest BCUT2D eigenvalue weighted by Gasteiger charge is -2.22. The Bertz CT molecular complexity index is 534. The summed E-state index contributed by atoms with van der Waals surface area (Å²) in [4.78, 5) is 6.65. The molecule has 1 heterocycles. The summed E-state index contributed by atoms with van der Waals surface area (Å²) in [5.74, 6) is 0.714. The topological polar surface area (TPSA) is 42.2 Å². The zero-order chi connectivity index (χ0) is 13.1. The number of hydrogen-bond donors (Lipinski definition) is 1. The third-order valence-corrected chi connectivity index (χ3v) is 3.23. The van der Waals surface area contributed by atoms with Crippen molar-refractivity contribution in [3.8, 4) is 0 Å². The van der Waals surface area contributed by atoms with Crippen LogP contribution in [0.4, 0.5) is 11.4 Å². The van der Waals surface area contributed by atoms with E-state index in [9.17, 15) is 0 Å². The number of hydrogen-bond acceptors (Lipinski definition) is 3. The Hall–Kier alpha value is -1.77. The smallest absolute Gasteiger partial charge is 0.0951 e. The number of aromatic nitrogens is 1. The van der Waals surface area contributed by atoms with Crippen molar-refractivity contribution in [2.45, 2.75) is 20.3 Å². The minimum Gasteiger partial charge on any atom is -0.397 e. The number of fused-ring (bicyclic) bond motifs is 1. The number of nitrogens with two attached hydrogens (primary N) is 1. The molecule has 96 valence electrons. The normalized spacial score (nSPS) is 11.1. The number of anilines is 2. The fourth-order valence-corrected chi connectivity index (χ4v) is 2.09. The van der Waals surface area contributed by atoms with Crippen LogP contribution in [0.5, 0.6) is 0 Å². The predicted octanol–water partition coefficient (Wildman–Crippen LogP) is 3.30. The van der Waals surface area contributed by atoms with Crippen LogP contribution >= 0.6 is 0 Å². The maximum atomic E-state index is 5.97. The average Bonchev–Trinajstić information content (AvgIpc) is 2.36. The summed E-state index contributed by atoms with van der Waals surface area (Å²) in [6, 6.07) is 8.02. The Balaban J connectivity index is 2.36. The van der Waals surface area contributed by atoms with Gasteiger partial charge in [0, 0.05) is 30.9 Å². The van der Waals surface area contributed by atoms with Crippen LogP contribution in [0, 0.1) is 5.92 Å². The van der Waals surface area contributed by atoms with Gasteiger partial charge in [-0.1, -0.05) is 26.0 Å². The largest absolute Gasteiger partial charge is 0.397 e. The monoisotopic (exact) mass is 243 g/mol. The summed E-state index contributed by atoms with van der Waals surface area (Å²) in [5.41, 5.74) is 8.81. The van der Waals surface area contributed by atoms with E-state index in [4.69, 9.17) is 5.73 Å². The van der Waals surface area contributed by atoms with Crippen LogP contribution in [0.25, 0.3) is 10.9 Å². The van der Waals surface area contributed by atoms with E-state index in [1.54, 1.807) is 0 Å². The number of benzene rings is 1. The van der Waals surface area contributed by atoms with E-state index in [1.165, 1.54) is 12.1 Å². The Morgan fingerprint density at radius 2 is 2.06 bits per heavy atom. The molecule has 0 aliphatic carbocycles. The van der Waals surface area contributed by atoms with Gasteiger partial charge in [0.05, 0.1) is 11.2 Å². The van der Waals surface area contributed by atoms with Crippen molar-refractivity contribution in [1.82, 2.24) is 4.98 Å². The lowest BCUT2D eigenvalue weighted by Crippen LogP contribution is -2.20. The van der Waals surface area contributed by atoms with Gasteiger partial charge in [0.15, 0.2) is 0 Å². The molecule has 0 saturated carbocycles. The summed E-state index contributed by atoms with van der Waals surface area (Å²) in [7, 11) is 2.13. The first-order valence-electron chi connectivity index (χ1n) is 6.44. The molecular weight excluding hydrogens is 222 g/mol. The highest BCUT2D eigenvalue weighted by molar-refractivity contribution is 5.97. The lowest BCUT2D eigenvalue weighted by molar-refractivity contribution is 0.585. The molecular formula is C15H21N3. The van der Waals surface area contributed by atoms with Crippen LogP contribution < -0.4 is 10.6 Å². The summed E-state index contributed by atoms with van der Waals surface area (Å²) in [5, 5.41) is 1.13. The van der Waals surface area contributed by atoms with E-state index in [0.717, 1.165) is 23.1 Å². The quantitative estimate of drug-likeness (QED) is 0.838. The molecule has 1 aromatic heterocycles. The van der Waals surface area contributed by atoms with Crippen molar-refractivity contribution in [3.63, 3.8) is 0 Å². The first-order chi connectivity index (χ1) is 8.59. The summed E-state index contributed by atoms with van der Waals surface area (Å²) >= 11 is 0. The van der Waals surface area contributed by atoms with Crippen molar-refractivity contribution >= 4 is 22.3 Å². The lowest BCUT2D eigenvalue weighted by atomic mass is 10.1. The van der Waals surface area contributed by atoms with Crippen LogP contribution in [-0.4, -0.2) is 18.6 Å².